The number of amides is 1. The second-order valence-corrected chi connectivity index (χ2v) is 13.0. The number of nitro groups is 1. The van der Waals surface area contributed by atoms with E-state index in [0.29, 0.717) is 12.3 Å². The highest BCUT2D eigenvalue weighted by Gasteiger charge is 2.24. The van der Waals surface area contributed by atoms with Crippen molar-refractivity contribution in [1.29, 1.82) is 0 Å². The molecule has 44 heavy (non-hydrogen) atoms. The van der Waals surface area contributed by atoms with Crippen LogP contribution in [0.25, 0.3) is 5.57 Å². The molecule has 1 amide bonds. The Kier molecular flexibility index (Phi) is 10.1. The van der Waals surface area contributed by atoms with Crippen molar-refractivity contribution in [3.05, 3.63) is 130 Å². The van der Waals surface area contributed by atoms with Crippen LogP contribution in [0.3, 0.4) is 0 Å². The monoisotopic (exact) mass is 629 g/mol. The first-order valence-corrected chi connectivity index (χ1v) is 16.4. The largest absolute Gasteiger partial charge is 0.379 e. The lowest BCUT2D eigenvalue weighted by Gasteiger charge is -2.26. The Balaban J connectivity index is 1.18. The van der Waals surface area contributed by atoms with E-state index in [0.717, 1.165) is 53.7 Å². The molecular weight excluding hydrogens is 599 g/mol. The third-order valence-electron chi connectivity index (χ3n) is 7.07. The van der Waals surface area contributed by atoms with E-state index in [-0.39, 0.29) is 16.1 Å². The van der Waals surface area contributed by atoms with Crippen LogP contribution in [0.15, 0.2) is 113 Å². The highest BCUT2D eigenvalue weighted by Crippen LogP contribution is 2.28. The molecule has 0 aliphatic carbocycles. The van der Waals surface area contributed by atoms with Crippen molar-refractivity contribution in [2.75, 3.05) is 30.7 Å². The molecule has 5 rings (SSSR count). The van der Waals surface area contributed by atoms with Crippen LogP contribution in [-0.2, 0) is 16.6 Å². The van der Waals surface area contributed by atoms with E-state index in [9.17, 15) is 23.3 Å². The third-order valence-corrected chi connectivity index (χ3v) is 9.42. The van der Waals surface area contributed by atoms with Crippen molar-refractivity contribution in [1.82, 2.24) is 14.6 Å². The summed E-state index contributed by atoms with van der Waals surface area (Å²) < 4.78 is 28.0. The van der Waals surface area contributed by atoms with E-state index >= 15 is 0 Å². The minimum Gasteiger partial charge on any atom is -0.379 e. The van der Waals surface area contributed by atoms with E-state index < -0.39 is 26.5 Å². The number of thioether (sulfide) groups is 1. The summed E-state index contributed by atoms with van der Waals surface area (Å²) in [6, 6.07) is 24.0. The van der Waals surface area contributed by atoms with Gasteiger partial charge < -0.3 is 5.32 Å². The first kappa shape index (κ1) is 30.9. The molecule has 0 fully saturated rings. The molecule has 10 nitrogen and oxygen atoms in total. The van der Waals surface area contributed by atoms with Crippen molar-refractivity contribution in [3.63, 3.8) is 0 Å². The maximum atomic E-state index is 13.0. The maximum absolute atomic E-state index is 13.0. The molecule has 3 aromatic carbocycles. The van der Waals surface area contributed by atoms with E-state index in [1.54, 1.807) is 42.2 Å². The van der Waals surface area contributed by atoms with Crippen LogP contribution in [0.4, 0.5) is 11.4 Å². The first-order chi connectivity index (χ1) is 21.3. The SMILES string of the molecule is O=C(NS(=O)(=O)c1ccc(NCCSc2ccccc2)c([N+](=O)[O-])c1)c1ccc(C2=CCN(Cc3cccnc3)CC2)cc1. The van der Waals surface area contributed by atoms with E-state index in [1.165, 1.54) is 12.1 Å². The zero-order valence-electron chi connectivity index (χ0n) is 23.8. The van der Waals surface area contributed by atoms with E-state index in [2.05, 4.69) is 27.3 Å². The number of hydrogen-bond donors (Lipinski definition) is 2. The fourth-order valence-corrected chi connectivity index (χ4v) is 6.58. The molecule has 1 aromatic heterocycles. The van der Waals surface area contributed by atoms with Gasteiger partial charge in [-0.3, -0.25) is 24.8 Å². The molecule has 0 atom stereocenters. The van der Waals surface area contributed by atoms with Crippen LogP contribution < -0.4 is 10.0 Å². The van der Waals surface area contributed by atoms with Crippen molar-refractivity contribution in [2.24, 2.45) is 0 Å². The maximum Gasteiger partial charge on any atom is 0.293 e. The Labute approximate surface area is 260 Å². The number of nitro benzene ring substituents is 1. The van der Waals surface area contributed by atoms with Crippen LogP contribution in [0.1, 0.15) is 27.9 Å². The number of hydrogen-bond acceptors (Lipinski definition) is 9. The van der Waals surface area contributed by atoms with Gasteiger partial charge in [-0.05, 0) is 65.6 Å². The van der Waals surface area contributed by atoms with Gasteiger partial charge in [-0.1, -0.05) is 42.5 Å². The lowest BCUT2D eigenvalue weighted by Crippen LogP contribution is -2.30. The molecule has 4 aromatic rings. The van der Waals surface area contributed by atoms with Crippen LogP contribution in [0.2, 0.25) is 0 Å². The van der Waals surface area contributed by atoms with Crippen molar-refractivity contribution >= 4 is 44.6 Å². The number of pyridine rings is 1. The predicted molar refractivity (Wildman–Crippen MR) is 172 cm³/mol. The summed E-state index contributed by atoms with van der Waals surface area (Å²) in [5, 5.41) is 14.7. The molecule has 0 saturated carbocycles. The summed E-state index contributed by atoms with van der Waals surface area (Å²) in [5.41, 5.74) is 3.25. The smallest absolute Gasteiger partial charge is 0.293 e. The Bertz CT molecular complexity index is 1750. The number of rotatable bonds is 12. The molecule has 0 radical (unpaired) electrons. The van der Waals surface area contributed by atoms with Gasteiger partial charge in [0.05, 0.1) is 9.82 Å². The zero-order valence-corrected chi connectivity index (χ0v) is 25.4. The fourth-order valence-electron chi connectivity index (χ4n) is 4.79. The molecule has 0 spiro atoms. The summed E-state index contributed by atoms with van der Waals surface area (Å²) in [4.78, 5) is 31.1. The fraction of sp³-hybridized carbons (Fsp3) is 0.188. The molecule has 0 bridgehead atoms. The average molecular weight is 630 g/mol. The molecule has 2 N–H and O–H groups in total. The molecule has 226 valence electrons. The summed E-state index contributed by atoms with van der Waals surface area (Å²) in [6.45, 7) is 2.92. The second kappa shape index (κ2) is 14.3. The Morgan fingerprint density at radius 3 is 2.50 bits per heavy atom. The first-order valence-electron chi connectivity index (χ1n) is 14.0. The van der Waals surface area contributed by atoms with Crippen LogP contribution >= 0.6 is 11.8 Å². The van der Waals surface area contributed by atoms with Gasteiger partial charge in [-0.25, -0.2) is 13.1 Å². The van der Waals surface area contributed by atoms with Gasteiger partial charge in [-0.2, -0.15) is 0 Å². The topological polar surface area (TPSA) is 135 Å². The van der Waals surface area contributed by atoms with Gasteiger partial charge in [-0.15, -0.1) is 11.8 Å². The number of carbonyl (C=O) groups excluding carboxylic acids is 1. The van der Waals surface area contributed by atoms with Gasteiger partial charge >= 0.3 is 0 Å². The van der Waals surface area contributed by atoms with Crippen molar-refractivity contribution in [3.8, 4) is 0 Å². The molecule has 1 aliphatic heterocycles. The van der Waals surface area contributed by atoms with Crippen LogP contribution in [0, 0.1) is 10.1 Å². The molecule has 2 heterocycles. The number of anilines is 1. The third kappa shape index (κ3) is 8.10. The summed E-state index contributed by atoms with van der Waals surface area (Å²) in [5.74, 6) is -0.169. The lowest BCUT2D eigenvalue weighted by atomic mass is 9.98. The lowest BCUT2D eigenvalue weighted by molar-refractivity contribution is -0.384. The molecule has 0 unspecified atom stereocenters. The van der Waals surface area contributed by atoms with Gasteiger partial charge in [0, 0.05) is 60.9 Å². The van der Waals surface area contributed by atoms with Crippen LogP contribution in [0.5, 0.6) is 0 Å². The summed E-state index contributed by atoms with van der Waals surface area (Å²) in [6.07, 6.45) is 6.63. The van der Waals surface area contributed by atoms with E-state index in [4.69, 9.17) is 0 Å². The number of nitrogens with one attached hydrogen (secondary N) is 2. The number of carbonyl (C=O) groups is 1. The van der Waals surface area contributed by atoms with Gasteiger partial charge in [0.25, 0.3) is 21.6 Å². The van der Waals surface area contributed by atoms with Crippen molar-refractivity contribution < 1.29 is 18.1 Å². The van der Waals surface area contributed by atoms with Crippen molar-refractivity contribution in [2.45, 2.75) is 22.8 Å². The Morgan fingerprint density at radius 1 is 1.02 bits per heavy atom. The van der Waals surface area contributed by atoms with Crippen LogP contribution in [-0.4, -0.2) is 54.5 Å². The number of benzene rings is 3. The quantitative estimate of drug-likeness (QED) is 0.0888. The number of nitrogens with zero attached hydrogens (tertiary/aromatic N) is 3. The minimum atomic E-state index is -4.36. The Morgan fingerprint density at radius 2 is 1.82 bits per heavy atom. The summed E-state index contributed by atoms with van der Waals surface area (Å²) >= 11 is 1.59. The highest BCUT2D eigenvalue weighted by molar-refractivity contribution is 7.99. The summed E-state index contributed by atoms with van der Waals surface area (Å²) in [7, 11) is -4.36. The average Bonchev–Trinajstić information content (AvgIpc) is 3.04. The van der Waals surface area contributed by atoms with Gasteiger partial charge in [0.2, 0.25) is 0 Å². The molecular formula is C32H31N5O5S2. The van der Waals surface area contributed by atoms with Gasteiger partial charge in [0.1, 0.15) is 5.69 Å². The minimum absolute atomic E-state index is 0.163. The molecule has 1 aliphatic rings. The number of sulfonamides is 1. The zero-order chi connectivity index (χ0) is 30.9. The normalized spacial score (nSPS) is 13.6. The molecule has 12 heteroatoms. The van der Waals surface area contributed by atoms with Gasteiger partial charge in [0.15, 0.2) is 0 Å². The predicted octanol–water partition coefficient (Wildman–Crippen LogP) is 5.60. The second-order valence-electron chi connectivity index (χ2n) is 10.1. The Hall–Kier alpha value is -4.52. The standard InChI is InChI=1S/C32H31N5O5S2/c38-32(27-10-8-25(9-11-27)26-14-18-36(19-15-26)23-24-5-4-16-33-22-24)35-44(41,42)29-12-13-30(31(21-29)37(39)40)34-17-20-43-28-6-2-1-3-7-28/h1-14,16,21-22,34H,15,17-20,23H2,(H,35,38). The van der Waals surface area contributed by atoms with E-state index in [1.807, 2.05) is 47.3 Å². The molecule has 0 saturated heterocycles. The highest BCUT2D eigenvalue weighted by atomic mass is 32.2. The number of aromatic nitrogens is 1.